The number of hydrogen-bond donors (Lipinski definition) is 1. The second kappa shape index (κ2) is 4.38. The molecule has 2 heterocycles. The fraction of sp³-hybridized carbons (Fsp3) is 0.143. The van der Waals surface area contributed by atoms with Gasteiger partial charge in [0.15, 0.2) is 4.77 Å². The van der Waals surface area contributed by atoms with Gasteiger partial charge in [-0.2, -0.15) is 0 Å². The zero-order valence-electron chi connectivity index (χ0n) is 10.1. The van der Waals surface area contributed by atoms with Gasteiger partial charge in [0.2, 0.25) is 0 Å². The second-order valence-corrected chi connectivity index (χ2v) is 4.53. The molecule has 0 fully saturated rings. The summed E-state index contributed by atoms with van der Waals surface area (Å²) in [6, 6.07) is 10.3. The highest BCUT2D eigenvalue weighted by atomic mass is 32.1. The quantitative estimate of drug-likeness (QED) is 0.709. The van der Waals surface area contributed by atoms with E-state index in [-0.39, 0.29) is 0 Å². The number of benzene rings is 1. The Morgan fingerprint density at radius 3 is 2.94 bits per heavy atom. The Labute approximate surface area is 110 Å². The Kier molecular flexibility index (Phi) is 2.72. The lowest BCUT2D eigenvalue weighted by atomic mass is 10.1. The zero-order valence-corrected chi connectivity index (χ0v) is 10.9. The van der Waals surface area contributed by atoms with Gasteiger partial charge >= 0.3 is 0 Å². The first kappa shape index (κ1) is 11.2. The zero-order chi connectivity index (χ0) is 12.5. The van der Waals surface area contributed by atoms with Crippen LogP contribution < -0.4 is 0 Å². The van der Waals surface area contributed by atoms with Gasteiger partial charge in [-0.25, -0.2) is 0 Å². The van der Waals surface area contributed by atoms with Gasteiger partial charge in [-0.15, -0.1) is 0 Å². The SMILES string of the molecule is CCc1ccccc1-n1c(=S)[nH]c2cnccc21. The van der Waals surface area contributed by atoms with Crippen LogP contribution in [-0.4, -0.2) is 14.5 Å². The molecule has 0 aliphatic rings. The van der Waals surface area contributed by atoms with Crippen molar-refractivity contribution in [3.05, 3.63) is 53.1 Å². The van der Waals surface area contributed by atoms with Gasteiger partial charge in [0.25, 0.3) is 0 Å². The van der Waals surface area contributed by atoms with Crippen LogP contribution in [0.15, 0.2) is 42.7 Å². The highest BCUT2D eigenvalue weighted by Crippen LogP contribution is 2.21. The smallest absolute Gasteiger partial charge is 0.182 e. The first-order chi connectivity index (χ1) is 8.81. The Balaban J connectivity index is 2.38. The molecule has 0 unspecified atom stereocenters. The summed E-state index contributed by atoms with van der Waals surface area (Å²) in [6.45, 7) is 2.15. The Hall–Kier alpha value is -1.94. The van der Waals surface area contributed by atoms with Gasteiger partial charge < -0.3 is 4.98 Å². The largest absolute Gasteiger partial charge is 0.329 e. The van der Waals surface area contributed by atoms with Crippen LogP contribution in [0, 0.1) is 4.77 Å². The summed E-state index contributed by atoms with van der Waals surface area (Å²) in [4.78, 5) is 7.30. The standard InChI is InChI=1S/C14H13N3S/c1-2-10-5-3-4-6-12(10)17-13-7-8-15-9-11(13)16-14(17)18/h3-9H,2H2,1H3,(H,16,18). The highest BCUT2D eigenvalue weighted by Gasteiger charge is 2.08. The molecular weight excluding hydrogens is 242 g/mol. The molecule has 3 nitrogen and oxygen atoms in total. The highest BCUT2D eigenvalue weighted by molar-refractivity contribution is 7.71. The number of hydrogen-bond acceptors (Lipinski definition) is 2. The average molecular weight is 255 g/mol. The summed E-state index contributed by atoms with van der Waals surface area (Å²) >= 11 is 5.42. The molecule has 0 aliphatic heterocycles. The number of nitrogens with one attached hydrogen (secondary N) is 1. The maximum atomic E-state index is 5.42. The number of imidazole rings is 1. The van der Waals surface area contributed by atoms with Crippen molar-refractivity contribution in [3.63, 3.8) is 0 Å². The van der Waals surface area contributed by atoms with Crippen molar-refractivity contribution in [1.82, 2.24) is 14.5 Å². The number of H-pyrrole nitrogens is 1. The summed E-state index contributed by atoms with van der Waals surface area (Å²) in [5, 5.41) is 0. The average Bonchev–Trinajstić information content (AvgIpc) is 2.74. The maximum absolute atomic E-state index is 5.42. The molecule has 4 heteroatoms. The molecule has 3 aromatic rings. The number of aromatic amines is 1. The number of para-hydroxylation sites is 1. The van der Waals surface area contributed by atoms with E-state index in [1.807, 2.05) is 12.1 Å². The first-order valence-corrected chi connectivity index (χ1v) is 6.35. The lowest BCUT2D eigenvalue weighted by Gasteiger charge is -2.09. The van der Waals surface area contributed by atoms with Gasteiger partial charge in [0.1, 0.15) is 0 Å². The van der Waals surface area contributed by atoms with Gasteiger partial charge in [0, 0.05) is 6.20 Å². The molecule has 90 valence electrons. The van der Waals surface area contributed by atoms with Gasteiger partial charge in [-0.05, 0) is 36.3 Å². The Morgan fingerprint density at radius 2 is 2.11 bits per heavy atom. The molecule has 0 atom stereocenters. The van der Waals surface area contributed by atoms with Crippen LogP contribution in [0.1, 0.15) is 12.5 Å². The lowest BCUT2D eigenvalue weighted by molar-refractivity contribution is 1.01. The van der Waals surface area contributed by atoms with Crippen LogP contribution >= 0.6 is 12.2 Å². The van der Waals surface area contributed by atoms with Crippen molar-refractivity contribution in [1.29, 1.82) is 0 Å². The van der Waals surface area contributed by atoms with Gasteiger partial charge in [-0.1, -0.05) is 25.1 Å². The van der Waals surface area contributed by atoms with Crippen molar-refractivity contribution in [2.24, 2.45) is 0 Å². The molecule has 2 aromatic heterocycles. The summed E-state index contributed by atoms with van der Waals surface area (Å²) in [6.07, 6.45) is 4.57. The summed E-state index contributed by atoms with van der Waals surface area (Å²) < 4.78 is 2.78. The third-order valence-corrected chi connectivity index (χ3v) is 3.38. The van der Waals surface area contributed by atoms with Crippen LogP contribution in [0.4, 0.5) is 0 Å². The molecule has 3 rings (SSSR count). The fourth-order valence-corrected chi connectivity index (χ4v) is 2.53. The third kappa shape index (κ3) is 1.66. The Morgan fingerprint density at radius 1 is 1.28 bits per heavy atom. The number of rotatable bonds is 2. The predicted octanol–water partition coefficient (Wildman–Crippen LogP) is 3.65. The van der Waals surface area contributed by atoms with Crippen LogP contribution in [-0.2, 0) is 6.42 Å². The van der Waals surface area contributed by atoms with E-state index in [4.69, 9.17) is 12.2 Å². The minimum atomic E-state index is 0.707. The van der Waals surface area contributed by atoms with Gasteiger partial charge in [-0.3, -0.25) is 9.55 Å². The van der Waals surface area contributed by atoms with E-state index in [0.29, 0.717) is 4.77 Å². The van der Waals surface area contributed by atoms with Crippen LogP contribution in [0.3, 0.4) is 0 Å². The molecule has 0 saturated heterocycles. The third-order valence-electron chi connectivity index (χ3n) is 3.10. The molecule has 0 aliphatic carbocycles. The van der Waals surface area contributed by atoms with Crippen LogP contribution in [0.5, 0.6) is 0 Å². The van der Waals surface area contributed by atoms with E-state index in [0.717, 1.165) is 23.1 Å². The first-order valence-electron chi connectivity index (χ1n) is 5.94. The molecule has 1 N–H and O–H groups in total. The molecule has 0 bridgehead atoms. The van der Waals surface area contributed by atoms with Crippen LogP contribution in [0.25, 0.3) is 16.7 Å². The number of aryl methyl sites for hydroxylation is 1. The fourth-order valence-electron chi connectivity index (χ4n) is 2.23. The summed E-state index contributed by atoms with van der Waals surface area (Å²) in [7, 11) is 0. The maximum Gasteiger partial charge on any atom is 0.182 e. The lowest BCUT2D eigenvalue weighted by Crippen LogP contribution is -1.98. The van der Waals surface area contributed by atoms with Crippen molar-refractivity contribution >= 4 is 23.3 Å². The van der Waals surface area contributed by atoms with E-state index in [1.54, 1.807) is 12.4 Å². The number of fused-ring (bicyclic) bond motifs is 1. The minimum absolute atomic E-state index is 0.707. The van der Waals surface area contributed by atoms with E-state index in [2.05, 4.69) is 39.7 Å². The van der Waals surface area contributed by atoms with E-state index in [9.17, 15) is 0 Å². The van der Waals surface area contributed by atoms with Crippen LogP contribution in [0.2, 0.25) is 0 Å². The normalized spacial score (nSPS) is 10.9. The molecule has 1 aromatic carbocycles. The van der Waals surface area contributed by atoms with Crippen molar-refractivity contribution in [2.75, 3.05) is 0 Å². The van der Waals surface area contributed by atoms with Crippen molar-refractivity contribution in [3.8, 4) is 5.69 Å². The number of pyridine rings is 1. The molecule has 18 heavy (non-hydrogen) atoms. The van der Waals surface area contributed by atoms with E-state index < -0.39 is 0 Å². The molecule has 0 saturated carbocycles. The molecular formula is C14H13N3S. The summed E-state index contributed by atoms with van der Waals surface area (Å²) in [5.74, 6) is 0. The monoisotopic (exact) mass is 255 g/mol. The number of nitrogens with zero attached hydrogens (tertiary/aromatic N) is 2. The minimum Gasteiger partial charge on any atom is -0.329 e. The second-order valence-electron chi connectivity index (χ2n) is 4.14. The van der Waals surface area contributed by atoms with E-state index in [1.165, 1.54) is 5.56 Å². The molecule has 0 radical (unpaired) electrons. The topological polar surface area (TPSA) is 33.6 Å². The van der Waals surface area contributed by atoms with Crippen molar-refractivity contribution < 1.29 is 0 Å². The van der Waals surface area contributed by atoms with E-state index >= 15 is 0 Å². The predicted molar refractivity (Wildman–Crippen MR) is 75.6 cm³/mol. The molecule has 0 spiro atoms. The summed E-state index contributed by atoms with van der Waals surface area (Å²) in [5.41, 5.74) is 4.46. The number of aromatic nitrogens is 3. The van der Waals surface area contributed by atoms with Crippen molar-refractivity contribution in [2.45, 2.75) is 13.3 Å². The van der Waals surface area contributed by atoms with Gasteiger partial charge in [0.05, 0.1) is 22.9 Å². The Bertz CT molecular complexity index is 755. The molecule has 0 amide bonds.